The van der Waals surface area contributed by atoms with E-state index in [1.165, 1.54) is 25.3 Å². The fraction of sp³-hybridized carbons (Fsp3) is 0.333. The van der Waals surface area contributed by atoms with Crippen molar-refractivity contribution in [2.75, 3.05) is 12.9 Å². The Labute approximate surface area is 168 Å². The number of sulfone groups is 1. The number of benzene rings is 1. The Morgan fingerprint density at radius 3 is 2.45 bits per heavy atom. The van der Waals surface area contributed by atoms with Crippen molar-refractivity contribution < 1.29 is 31.2 Å². The van der Waals surface area contributed by atoms with Crippen molar-refractivity contribution >= 4 is 31.8 Å². The number of carbonyl (C=O) groups is 1. The number of hydrazone groups is 1. The molecular formula is C15H21N5O7S2. The molecule has 12 nitrogen and oxygen atoms in total. The molecule has 0 aliphatic carbocycles. The van der Waals surface area contributed by atoms with Gasteiger partial charge in [0.2, 0.25) is 0 Å². The summed E-state index contributed by atoms with van der Waals surface area (Å²) in [7, 11) is -7.19. The van der Waals surface area contributed by atoms with Gasteiger partial charge in [-0.15, -0.1) is 0 Å². The number of sulfonamides is 1. The zero-order valence-electron chi connectivity index (χ0n) is 15.9. The highest BCUT2D eigenvalue weighted by atomic mass is 32.2. The van der Waals surface area contributed by atoms with Crippen LogP contribution >= 0.6 is 0 Å². The van der Waals surface area contributed by atoms with Crippen molar-refractivity contribution in [3.05, 3.63) is 41.2 Å². The van der Waals surface area contributed by atoms with Gasteiger partial charge >= 0.3 is 11.9 Å². The summed E-state index contributed by atoms with van der Waals surface area (Å²) in [5.41, 5.74) is 4.90. The number of rotatable bonds is 6. The molecule has 0 fully saturated rings. The van der Waals surface area contributed by atoms with Crippen LogP contribution < -0.4 is 15.6 Å². The second kappa shape index (κ2) is 8.57. The molecule has 29 heavy (non-hydrogen) atoms. The second-order valence-corrected chi connectivity index (χ2v) is 9.61. The molecule has 0 aromatic heterocycles. The van der Waals surface area contributed by atoms with E-state index in [9.17, 15) is 26.8 Å². The van der Waals surface area contributed by atoms with Crippen molar-refractivity contribution in [2.24, 2.45) is 0 Å². The van der Waals surface area contributed by atoms with E-state index in [0.29, 0.717) is 10.9 Å². The summed E-state index contributed by atoms with van der Waals surface area (Å²) in [5.74, 6) is -0.420. The first-order valence-electron chi connectivity index (χ1n) is 8.30. The third-order valence-electron chi connectivity index (χ3n) is 3.58. The van der Waals surface area contributed by atoms with E-state index in [2.05, 4.69) is 5.43 Å². The predicted molar refractivity (Wildman–Crippen MR) is 102 cm³/mol. The quantitative estimate of drug-likeness (QED) is 0.402. The molecule has 0 atom stereocenters. The van der Waals surface area contributed by atoms with Crippen LogP contribution in [0.3, 0.4) is 0 Å². The van der Waals surface area contributed by atoms with Gasteiger partial charge in [-0.3, -0.25) is 0 Å². The van der Waals surface area contributed by atoms with Gasteiger partial charge in [0.05, 0.1) is 23.8 Å². The van der Waals surface area contributed by atoms with Crippen molar-refractivity contribution in [3.8, 4) is 0 Å². The summed E-state index contributed by atoms with van der Waals surface area (Å²) in [6, 6.07) is 3.63. The molecular weight excluding hydrogens is 426 g/mol. The van der Waals surface area contributed by atoms with Crippen molar-refractivity contribution in [1.82, 2.24) is 20.8 Å². The van der Waals surface area contributed by atoms with Gasteiger partial charge in [0.15, 0.2) is 9.84 Å². The minimum Gasteiger partial charge on any atom is -0.590 e. The van der Waals surface area contributed by atoms with Crippen LogP contribution in [0.15, 0.2) is 45.8 Å². The third kappa shape index (κ3) is 5.08. The lowest BCUT2D eigenvalue weighted by Gasteiger charge is -2.25. The first kappa shape index (κ1) is 22.3. The Kier molecular flexibility index (Phi) is 6.58. The molecule has 0 saturated heterocycles. The number of ether oxygens (including phenoxy) is 1. The fourth-order valence-electron chi connectivity index (χ4n) is 2.40. The highest BCUT2D eigenvalue weighted by Crippen LogP contribution is 2.22. The summed E-state index contributed by atoms with van der Waals surface area (Å²) in [6.07, 6.45) is 1.64. The maximum Gasteiger partial charge on any atom is 0.408 e. The van der Waals surface area contributed by atoms with Crippen LogP contribution in [-0.2, 0) is 24.6 Å². The third-order valence-corrected chi connectivity index (χ3v) is 7.07. The maximum atomic E-state index is 12.6. The zero-order valence-corrected chi connectivity index (χ0v) is 17.5. The van der Waals surface area contributed by atoms with Crippen LogP contribution in [0.5, 0.6) is 0 Å². The minimum absolute atomic E-state index is 0.138. The lowest BCUT2D eigenvalue weighted by Crippen LogP contribution is -2.59. The monoisotopic (exact) mass is 447 g/mol. The molecule has 3 N–H and O–H groups in total. The van der Waals surface area contributed by atoms with Crippen LogP contribution in [0, 0.1) is 5.21 Å². The van der Waals surface area contributed by atoms with Crippen LogP contribution in [-0.4, -0.2) is 51.7 Å². The normalized spacial score (nSPS) is 14.7. The Balaban J connectivity index is 2.26. The molecule has 1 heterocycles. The lowest BCUT2D eigenvalue weighted by molar-refractivity contribution is -0.669. The van der Waals surface area contributed by atoms with E-state index in [4.69, 9.17) is 4.74 Å². The number of hydrazine groups is 3. The highest BCUT2D eigenvalue weighted by Gasteiger charge is 2.30. The second-order valence-electron chi connectivity index (χ2n) is 5.88. The van der Waals surface area contributed by atoms with Crippen molar-refractivity contribution in [1.29, 1.82) is 0 Å². The first-order valence-corrected chi connectivity index (χ1v) is 11.4. The summed E-state index contributed by atoms with van der Waals surface area (Å²) in [6.45, 7) is 3.21. The van der Waals surface area contributed by atoms with Crippen LogP contribution in [0.1, 0.15) is 20.3 Å². The van der Waals surface area contributed by atoms with Gasteiger partial charge in [0.25, 0.3) is 10.0 Å². The maximum absolute atomic E-state index is 12.6. The highest BCUT2D eigenvalue weighted by molar-refractivity contribution is 7.93. The number of urea groups is 1. The van der Waals surface area contributed by atoms with E-state index in [-0.39, 0.29) is 22.9 Å². The van der Waals surface area contributed by atoms with Gasteiger partial charge in [-0.05, 0) is 30.3 Å². The number of nitrogens with zero attached hydrogens (tertiary/aromatic N) is 2. The summed E-state index contributed by atoms with van der Waals surface area (Å²) >= 11 is 0. The minimum atomic E-state index is -4.56. The number of hydrogen-bond donors (Lipinski definition) is 3. The SMILES string of the molecule is CCCS(=O)(=O)c1ccccc1S(=O)(=O)NC(=O)NN1NC(C)=CC(OC)=[N+]1[O-]. The molecule has 0 saturated carbocycles. The molecule has 1 aliphatic rings. The number of methoxy groups -OCH3 is 1. The number of allylic oxidation sites excluding steroid dienone is 1. The Bertz CT molecular complexity index is 1060. The molecule has 2 amide bonds. The number of nitrogens with one attached hydrogen (secondary N) is 3. The van der Waals surface area contributed by atoms with Gasteiger partial charge in [-0.1, -0.05) is 19.1 Å². The van der Waals surface area contributed by atoms with Gasteiger partial charge in [-0.25, -0.2) is 31.8 Å². The van der Waals surface area contributed by atoms with Gasteiger partial charge < -0.3 is 9.94 Å². The summed E-state index contributed by atoms with van der Waals surface area (Å²) in [5, 5.41) is 12.6. The molecule has 1 aromatic rings. The number of hydrogen-bond acceptors (Lipinski definition) is 9. The predicted octanol–water partition coefficient (Wildman–Crippen LogP) is -0.0326. The van der Waals surface area contributed by atoms with Crippen LogP contribution in [0.25, 0.3) is 0 Å². The Morgan fingerprint density at radius 1 is 1.24 bits per heavy atom. The van der Waals surface area contributed by atoms with E-state index in [1.54, 1.807) is 18.6 Å². The number of amides is 2. The summed E-state index contributed by atoms with van der Waals surface area (Å²) in [4.78, 5) is 11.3. The fourth-order valence-corrected chi connectivity index (χ4v) is 5.52. The topological polar surface area (TPSA) is 160 Å². The molecule has 2 rings (SSSR count). The number of carbonyl (C=O) groups excluding carboxylic acids is 1. The largest absolute Gasteiger partial charge is 0.590 e. The standard InChI is InChI=1S/C15H21N5O7S2/c1-4-9-28(23,24)12-7-5-6-8-13(12)29(25,26)18-15(21)17-20-16-11(2)10-14(27-3)19(20)22/h5-8,10,16H,4,9H2,1-3H3,(H2,17,18,21). The molecule has 0 unspecified atom stereocenters. The van der Waals surface area contributed by atoms with Crippen molar-refractivity contribution in [2.45, 2.75) is 30.1 Å². The van der Waals surface area contributed by atoms with Gasteiger partial charge in [0, 0.05) is 10.9 Å². The Hall–Kier alpha value is -3.00. The van der Waals surface area contributed by atoms with Gasteiger partial charge in [-0.2, -0.15) is 5.43 Å². The molecule has 0 bridgehead atoms. The Morgan fingerprint density at radius 2 is 1.86 bits per heavy atom. The molecule has 1 aromatic carbocycles. The average molecular weight is 447 g/mol. The van der Waals surface area contributed by atoms with Crippen LogP contribution in [0.4, 0.5) is 4.79 Å². The zero-order chi connectivity index (χ0) is 21.8. The van der Waals surface area contributed by atoms with E-state index in [1.807, 2.05) is 5.43 Å². The first-order chi connectivity index (χ1) is 13.5. The van der Waals surface area contributed by atoms with E-state index in [0.717, 1.165) is 12.1 Å². The van der Waals surface area contributed by atoms with E-state index >= 15 is 0 Å². The average Bonchev–Trinajstić information content (AvgIpc) is 2.64. The summed E-state index contributed by atoms with van der Waals surface area (Å²) < 4.78 is 56.5. The smallest absolute Gasteiger partial charge is 0.408 e. The van der Waals surface area contributed by atoms with Crippen LogP contribution in [0.2, 0.25) is 0 Å². The van der Waals surface area contributed by atoms with Crippen molar-refractivity contribution in [3.63, 3.8) is 0 Å². The molecule has 1 aliphatic heterocycles. The molecule has 0 radical (unpaired) electrons. The van der Waals surface area contributed by atoms with Gasteiger partial charge in [0.1, 0.15) is 4.90 Å². The molecule has 160 valence electrons. The van der Waals surface area contributed by atoms with E-state index < -0.39 is 35.7 Å². The lowest BCUT2D eigenvalue weighted by atomic mass is 10.4. The molecule has 14 heteroatoms. The molecule has 0 spiro atoms.